The van der Waals surface area contributed by atoms with Crippen LogP contribution in [-0.4, -0.2) is 42.5 Å². The first-order valence-corrected chi connectivity index (χ1v) is 19.0. The van der Waals surface area contributed by atoms with Crippen molar-refractivity contribution in [3.05, 3.63) is 0 Å². The van der Waals surface area contributed by atoms with E-state index >= 15 is 0 Å². The fraction of sp³-hybridized carbons (Fsp3) is 1.00. The largest absolute Gasteiger partial charge is 0.345 e. The molecule has 0 aromatic rings. The van der Waals surface area contributed by atoms with Crippen molar-refractivity contribution < 1.29 is 0 Å². The van der Waals surface area contributed by atoms with Crippen molar-refractivity contribution in [3.8, 4) is 0 Å². The van der Waals surface area contributed by atoms with Crippen LogP contribution in [0.2, 0.25) is 46.3 Å². The van der Waals surface area contributed by atoms with E-state index in [9.17, 15) is 0 Å². The summed E-state index contributed by atoms with van der Waals surface area (Å²) in [5.74, 6) is 0. The maximum atomic E-state index is 3.22. The molecule has 2 radical (unpaired) electrons. The molecule has 6 heteroatoms. The third kappa shape index (κ3) is 4.35. The van der Waals surface area contributed by atoms with Crippen LogP contribution in [0, 0.1) is 0 Å². The van der Waals surface area contributed by atoms with Crippen molar-refractivity contribution >= 4 is 34.7 Å². The first-order valence-electron chi connectivity index (χ1n) is 10.3. The van der Waals surface area contributed by atoms with Gasteiger partial charge in [-0.1, -0.05) is 83.1 Å². The predicted molar refractivity (Wildman–Crippen MR) is 129 cm³/mol. The molecule has 0 bridgehead atoms. The average molecular weight is 429 g/mol. The Labute approximate surface area is 171 Å². The molecule has 0 atom stereocenters. The van der Waals surface area contributed by atoms with E-state index in [1.54, 1.807) is 0 Å². The van der Waals surface area contributed by atoms with Gasteiger partial charge < -0.3 is 7.79 Å². The molecule has 0 saturated carbocycles. The average Bonchev–Trinajstić information content (AvgIpc) is 2.25. The summed E-state index contributed by atoms with van der Waals surface area (Å²) in [5, 5.41) is 1.61. The summed E-state index contributed by atoms with van der Waals surface area (Å²) in [6.07, 6.45) is 0. The van der Waals surface area contributed by atoms with Crippen molar-refractivity contribution in [2.45, 2.75) is 129 Å². The highest BCUT2D eigenvalue weighted by Crippen LogP contribution is 2.56. The van der Waals surface area contributed by atoms with E-state index in [-0.39, 0.29) is 0 Å². The fourth-order valence-corrected chi connectivity index (χ4v) is 44.8. The van der Waals surface area contributed by atoms with Crippen LogP contribution in [0.3, 0.4) is 0 Å². The second-order valence-corrected chi connectivity index (χ2v) is 32.1. The zero-order valence-electron chi connectivity index (χ0n) is 20.9. The molecule has 0 unspecified atom stereocenters. The topological polar surface area (TPSA) is 6.48 Å². The third-order valence-electron chi connectivity index (χ3n) is 5.48. The zero-order valence-corrected chi connectivity index (χ0v) is 24.9. The molecule has 1 fully saturated rings. The lowest BCUT2D eigenvalue weighted by molar-refractivity contribution is 0.500. The van der Waals surface area contributed by atoms with Gasteiger partial charge in [-0.3, -0.25) is 0 Å². The Morgan fingerprint density at radius 3 is 0.692 bits per heavy atom. The number of hydrogen-bond acceptors (Lipinski definition) is 2. The van der Waals surface area contributed by atoms with Gasteiger partial charge in [0.15, 0.2) is 16.8 Å². The summed E-state index contributed by atoms with van der Waals surface area (Å²) in [5.41, 5.74) is 0. The highest BCUT2D eigenvalue weighted by Gasteiger charge is 2.69. The van der Waals surface area contributed by atoms with Gasteiger partial charge in [-0.15, -0.1) is 0 Å². The summed E-state index contributed by atoms with van der Waals surface area (Å²) in [4.78, 5) is 0. The minimum absolute atomic E-state index is 0.403. The van der Waals surface area contributed by atoms with Crippen molar-refractivity contribution in [2.24, 2.45) is 0 Å². The van der Waals surface area contributed by atoms with Gasteiger partial charge in [0.25, 0.3) is 0 Å². The lowest BCUT2D eigenvalue weighted by Crippen LogP contribution is -2.96. The van der Waals surface area contributed by atoms with Crippen LogP contribution >= 0.6 is 0 Å². The van der Waals surface area contributed by atoms with Crippen molar-refractivity contribution in [1.29, 1.82) is 0 Å². The molecule has 1 aliphatic rings. The fourth-order valence-electron chi connectivity index (χ4n) is 6.18. The second-order valence-electron chi connectivity index (χ2n) is 13.4. The number of rotatable bonds is 2. The van der Waals surface area contributed by atoms with E-state index in [1.807, 2.05) is 0 Å². The molecule has 1 saturated heterocycles. The maximum Gasteiger partial charge on any atom is 0.175 e. The maximum absolute atomic E-state index is 3.22. The van der Waals surface area contributed by atoms with E-state index in [0.717, 1.165) is 0 Å². The second kappa shape index (κ2) is 6.66. The van der Waals surface area contributed by atoms with Gasteiger partial charge in [0.2, 0.25) is 0 Å². The minimum atomic E-state index is -1.59. The van der Waals surface area contributed by atoms with Crippen molar-refractivity contribution in [2.75, 3.05) is 0 Å². The highest BCUT2D eigenvalue weighted by atomic mass is 28.6. The quantitative estimate of drug-likeness (QED) is 0.429. The van der Waals surface area contributed by atoms with Crippen LogP contribution in [-0.2, 0) is 0 Å². The van der Waals surface area contributed by atoms with Crippen LogP contribution in [0.5, 0.6) is 0 Å². The monoisotopic (exact) mass is 428 g/mol. The normalized spacial score (nSPS) is 22.8. The Morgan fingerprint density at radius 1 is 0.423 bits per heavy atom. The summed E-state index contributed by atoms with van der Waals surface area (Å²) in [7, 11) is -4.49. The summed E-state index contributed by atoms with van der Waals surface area (Å²) in [6, 6.07) is 0. The Hall–Kier alpha value is 0.788. The molecule has 26 heavy (non-hydrogen) atoms. The van der Waals surface area contributed by atoms with E-state index in [1.165, 1.54) is 0 Å². The lowest BCUT2D eigenvalue weighted by atomic mass is 10.2. The van der Waals surface area contributed by atoms with Gasteiger partial charge in [0.05, 0.1) is 0 Å². The van der Waals surface area contributed by atoms with Gasteiger partial charge in [-0.2, -0.15) is 0 Å². The van der Waals surface area contributed by atoms with Gasteiger partial charge in [0, 0.05) is 0 Å². The van der Waals surface area contributed by atoms with Crippen LogP contribution in [0.25, 0.3) is 0 Å². The highest BCUT2D eigenvalue weighted by molar-refractivity contribution is 7.17. The molecule has 0 aromatic carbocycles. The smallest absolute Gasteiger partial charge is 0.175 e. The number of nitrogens with zero attached hydrogens (tertiary/aromatic N) is 2. The van der Waals surface area contributed by atoms with Crippen LogP contribution in [0.1, 0.15) is 83.1 Å². The molecule has 0 aliphatic carbocycles. The minimum Gasteiger partial charge on any atom is -0.345 e. The van der Waals surface area contributed by atoms with E-state index in [2.05, 4.69) is 117 Å². The zero-order chi connectivity index (χ0) is 21.3. The third-order valence-corrected chi connectivity index (χ3v) is 32.2. The van der Waals surface area contributed by atoms with E-state index in [4.69, 9.17) is 0 Å². The lowest BCUT2D eigenvalue weighted by Gasteiger charge is -2.76. The first-order chi connectivity index (χ1) is 11.0. The molecular formula is C20H48N2Si4. The predicted octanol–water partition coefficient (Wildman–Crippen LogP) is 7.19. The Bertz CT molecular complexity index is 428. The Balaban J connectivity index is 3.54. The van der Waals surface area contributed by atoms with Gasteiger partial charge in [0.1, 0.15) is 17.9 Å². The van der Waals surface area contributed by atoms with E-state index in [0.29, 0.717) is 20.2 Å². The standard InChI is InChI=1S/C20H48N2Si4/c1-17(2,3)23(18(4,5)6)21-25(13,14)22(26(21,15)16)24(19(7,8)9)20(10,11)12/h1-16H3. The SMILES string of the molecule is CC(C)(C)[Si](N1[Si](C)(C)N([Si](C(C)(C)C)C(C)(C)C)[Si]1(C)C)C(C)(C)C. The molecule has 2 nitrogen and oxygen atoms in total. The van der Waals surface area contributed by atoms with E-state index < -0.39 is 34.7 Å². The molecule has 1 aliphatic heterocycles. The van der Waals surface area contributed by atoms with Crippen LogP contribution in [0.15, 0.2) is 0 Å². The van der Waals surface area contributed by atoms with Crippen LogP contribution < -0.4 is 0 Å². The van der Waals surface area contributed by atoms with Crippen molar-refractivity contribution in [1.82, 2.24) is 7.79 Å². The molecule has 154 valence electrons. The summed E-state index contributed by atoms with van der Waals surface area (Å²) in [6.45, 7) is 40.7. The Kier molecular flexibility index (Phi) is 6.36. The van der Waals surface area contributed by atoms with Gasteiger partial charge in [-0.25, -0.2) is 0 Å². The molecule has 1 heterocycles. The molecule has 0 spiro atoms. The summed E-state index contributed by atoms with van der Waals surface area (Å²) < 4.78 is 6.43. The molecule has 0 amide bonds. The summed E-state index contributed by atoms with van der Waals surface area (Å²) >= 11 is 0. The molecule has 1 rings (SSSR count). The van der Waals surface area contributed by atoms with Crippen molar-refractivity contribution in [3.63, 3.8) is 0 Å². The molecule has 0 N–H and O–H groups in total. The van der Waals surface area contributed by atoms with Gasteiger partial charge >= 0.3 is 0 Å². The number of hydrogen-bond donors (Lipinski definition) is 0. The molecular weight excluding hydrogens is 381 g/mol. The Morgan fingerprint density at radius 2 is 0.577 bits per heavy atom. The first kappa shape index (κ1) is 24.8. The molecule has 0 aromatic heterocycles. The van der Waals surface area contributed by atoms with Gasteiger partial charge in [-0.05, 0) is 46.3 Å². The van der Waals surface area contributed by atoms with Crippen LogP contribution in [0.4, 0.5) is 0 Å².